The van der Waals surface area contributed by atoms with Gasteiger partial charge in [-0.15, -0.1) is 0 Å². The Morgan fingerprint density at radius 1 is 1.12 bits per heavy atom. The summed E-state index contributed by atoms with van der Waals surface area (Å²) in [4.78, 5) is 17.2. The van der Waals surface area contributed by atoms with Crippen molar-refractivity contribution in [2.75, 3.05) is 0 Å². The molecule has 1 aromatic heterocycles. The molecule has 0 bridgehead atoms. The zero-order chi connectivity index (χ0) is 17.2. The number of hydrogen-bond donors (Lipinski definition) is 1. The second-order valence-corrected chi connectivity index (χ2v) is 6.69. The summed E-state index contributed by atoms with van der Waals surface area (Å²) in [5, 5.41) is 3.01. The molecule has 0 unspecified atom stereocenters. The summed E-state index contributed by atoms with van der Waals surface area (Å²) < 4.78 is 2.29. The lowest BCUT2D eigenvalue weighted by Gasteiger charge is -2.13. The molecule has 0 aliphatic carbocycles. The molecule has 2 heterocycles. The first-order chi connectivity index (χ1) is 12.2. The molecule has 2 aromatic carbocycles. The number of rotatable bonds is 4. The monoisotopic (exact) mass is 333 g/mol. The molecule has 4 nitrogen and oxygen atoms in total. The third-order valence-electron chi connectivity index (χ3n) is 5.01. The number of hydrogen-bond acceptors (Lipinski definition) is 2. The fourth-order valence-electron chi connectivity index (χ4n) is 3.49. The molecule has 1 aliphatic heterocycles. The lowest BCUT2D eigenvalue weighted by Crippen LogP contribution is -2.22. The Morgan fingerprint density at radius 2 is 1.92 bits per heavy atom. The van der Waals surface area contributed by atoms with Crippen molar-refractivity contribution in [1.82, 2.24) is 14.9 Å². The molecule has 128 valence electrons. The van der Waals surface area contributed by atoms with Gasteiger partial charge in [0.1, 0.15) is 5.82 Å². The Morgan fingerprint density at radius 3 is 2.72 bits per heavy atom. The van der Waals surface area contributed by atoms with Gasteiger partial charge in [-0.1, -0.05) is 31.2 Å². The van der Waals surface area contributed by atoms with Gasteiger partial charge in [-0.3, -0.25) is 4.79 Å². The maximum atomic E-state index is 12.5. The highest BCUT2D eigenvalue weighted by atomic mass is 16.1. The van der Waals surface area contributed by atoms with Gasteiger partial charge in [-0.05, 0) is 48.6 Å². The van der Waals surface area contributed by atoms with E-state index in [1.807, 2.05) is 18.2 Å². The summed E-state index contributed by atoms with van der Waals surface area (Å²) in [6.45, 7) is 3.71. The molecule has 3 aromatic rings. The number of nitrogens with zero attached hydrogens (tertiary/aromatic N) is 2. The average Bonchev–Trinajstić information content (AvgIpc) is 3.04. The second-order valence-electron chi connectivity index (χ2n) is 6.69. The summed E-state index contributed by atoms with van der Waals surface area (Å²) in [6, 6.07) is 14.2. The van der Waals surface area contributed by atoms with E-state index in [-0.39, 0.29) is 5.91 Å². The van der Waals surface area contributed by atoms with Crippen molar-refractivity contribution in [3.05, 3.63) is 65.0 Å². The van der Waals surface area contributed by atoms with Gasteiger partial charge in [-0.25, -0.2) is 4.98 Å². The Labute approximate surface area is 147 Å². The van der Waals surface area contributed by atoms with Crippen molar-refractivity contribution in [2.24, 2.45) is 0 Å². The number of imidazole rings is 1. The van der Waals surface area contributed by atoms with E-state index >= 15 is 0 Å². The van der Waals surface area contributed by atoms with Gasteiger partial charge in [0.05, 0.1) is 11.0 Å². The van der Waals surface area contributed by atoms with Crippen molar-refractivity contribution in [3.63, 3.8) is 0 Å². The van der Waals surface area contributed by atoms with Crippen LogP contribution < -0.4 is 5.32 Å². The lowest BCUT2D eigenvalue weighted by atomic mass is 10.1. The van der Waals surface area contributed by atoms with Gasteiger partial charge < -0.3 is 9.88 Å². The maximum Gasteiger partial charge on any atom is 0.251 e. The smallest absolute Gasteiger partial charge is 0.251 e. The Hall–Kier alpha value is -2.62. The van der Waals surface area contributed by atoms with Crippen LogP contribution in [-0.4, -0.2) is 15.5 Å². The van der Waals surface area contributed by atoms with E-state index in [1.54, 1.807) is 0 Å². The molecule has 0 spiro atoms. The van der Waals surface area contributed by atoms with Crippen LogP contribution in [-0.2, 0) is 25.9 Å². The van der Waals surface area contributed by atoms with E-state index in [4.69, 9.17) is 4.98 Å². The third-order valence-corrected chi connectivity index (χ3v) is 5.01. The minimum Gasteiger partial charge on any atom is -0.348 e. The zero-order valence-electron chi connectivity index (χ0n) is 14.6. The SMILES string of the molecule is CCc1ccc(CNC(=O)c2ccc3c(c2)nc2n3CCCC2)cc1. The predicted molar refractivity (Wildman–Crippen MR) is 99.7 cm³/mol. The highest BCUT2D eigenvalue weighted by Gasteiger charge is 2.16. The third kappa shape index (κ3) is 3.16. The van der Waals surface area contributed by atoms with E-state index in [0.717, 1.165) is 41.8 Å². The highest BCUT2D eigenvalue weighted by Crippen LogP contribution is 2.23. The fourth-order valence-corrected chi connectivity index (χ4v) is 3.49. The minimum atomic E-state index is -0.0487. The molecule has 0 fully saturated rings. The van der Waals surface area contributed by atoms with E-state index in [0.29, 0.717) is 12.1 Å². The molecule has 1 N–H and O–H groups in total. The Bertz CT molecular complexity index is 909. The van der Waals surface area contributed by atoms with Crippen LogP contribution in [0.1, 0.15) is 47.1 Å². The number of benzene rings is 2. The first-order valence-corrected chi connectivity index (χ1v) is 9.10. The maximum absolute atomic E-state index is 12.5. The van der Waals surface area contributed by atoms with Gasteiger partial charge in [0, 0.05) is 25.1 Å². The largest absolute Gasteiger partial charge is 0.348 e. The first-order valence-electron chi connectivity index (χ1n) is 9.10. The van der Waals surface area contributed by atoms with Crippen LogP contribution in [0.2, 0.25) is 0 Å². The summed E-state index contributed by atoms with van der Waals surface area (Å²) in [6.07, 6.45) is 4.47. The molecule has 4 heteroatoms. The topological polar surface area (TPSA) is 46.9 Å². The normalized spacial score (nSPS) is 13.6. The van der Waals surface area contributed by atoms with E-state index in [2.05, 4.69) is 41.1 Å². The molecule has 0 radical (unpaired) electrons. The molecule has 1 amide bonds. The summed E-state index contributed by atoms with van der Waals surface area (Å²) in [5.41, 5.74) is 5.17. The van der Waals surface area contributed by atoms with Crippen molar-refractivity contribution in [1.29, 1.82) is 0 Å². The number of amides is 1. The first kappa shape index (κ1) is 15.9. The predicted octanol–water partition coefficient (Wildman–Crippen LogP) is 3.87. The van der Waals surface area contributed by atoms with Gasteiger partial charge >= 0.3 is 0 Å². The average molecular weight is 333 g/mol. The van der Waals surface area contributed by atoms with Crippen molar-refractivity contribution in [3.8, 4) is 0 Å². The number of aromatic nitrogens is 2. The molecule has 0 atom stereocenters. The quantitative estimate of drug-likeness (QED) is 0.788. The van der Waals surface area contributed by atoms with E-state index in [1.165, 1.54) is 18.4 Å². The van der Waals surface area contributed by atoms with Crippen LogP contribution in [0.15, 0.2) is 42.5 Å². The number of nitrogens with one attached hydrogen (secondary N) is 1. The zero-order valence-corrected chi connectivity index (χ0v) is 14.6. The standard InChI is InChI=1S/C21H23N3O/c1-2-15-6-8-16(9-7-15)14-22-21(25)17-10-11-19-18(13-17)23-20-5-3-4-12-24(19)20/h6-11,13H,2-5,12,14H2,1H3,(H,22,25). The summed E-state index contributed by atoms with van der Waals surface area (Å²) >= 11 is 0. The second kappa shape index (κ2) is 6.71. The van der Waals surface area contributed by atoms with Gasteiger partial charge in [-0.2, -0.15) is 0 Å². The van der Waals surface area contributed by atoms with Crippen LogP contribution >= 0.6 is 0 Å². The fraction of sp³-hybridized carbons (Fsp3) is 0.333. The number of fused-ring (bicyclic) bond motifs is 3. The number of carbonyl (C=O) groups excluding carboxylic acids is 1. The Kier molecular flexibility index (Phi) is 4.26. The van der Waals surface area contributed by atoms with Gasteiger partial charge in [0.25, 0.3) is 5.91 Å². The van der Waals surface area contributed by atoms with Crippen LogP contribution in [0.5, 0.6) is 0 Å². The molecule has 0 saturated carbocycles. The Balaban J connectivity index is 1.49. The molecule has 4 rings (SSSR count). The molecule has 0 saturated heterocycles. The number of carbonyl (C=O) groups is 1. The van der Waals surface area contributed by atoms with Crippen molar-refractivity contribution in [2.45, 2.75) is 45.7 Å². The highest BCUT2D eigenvalue weighted by molar-refractivity contribution is 5.97. The van der Waals surface area contributed by atoms with Crippen LogP contribution in [0.25, 0.3) is 11.0 Å². The molecular formula is C21H23N3O. The lowest BCUT2D eigenvalue weighted by molar-refractivity contribution is 0.0951. The van der Waals surface area contributed by atoms with E-state index < -0.39 is 0 Å². The molecule has 25 heavy (non-hydrogen) atoms. The number of aryl methyl sites for hydroxylation is 3. The molecular weight excluding hydrogens is 310 g/mol. The van der Waals surface area contributed by atoms with Crippen LogP contribution in [0.4, 0.5) is 0 Å². The van der Waals surface area contributed by atoms with Crippen molar-refractivity contribution >= 4 is 16.9 Å². The summed E-state index contributed by atoms with van der Waals surface area (Å²) in [5.74, 6) is 1.10. The van der Waals surface area contributed by atoms with E-state index in [9.17, 15) is 4.79 Å². The summed E-state index contributed by atoms with van der Waals surface area (Å²) in [7, 11) is 0. The molecule has 1 aliphatic rings. The van der Waals surface area contributed by atoms with Crippen LogP contribution in [0.3, 0.4) is 0 Å². The van der Waals surface area contributed by atoms with Crippen molar-refractivity contribution < 1.29 is 4.79 Å². The van der Waals surface area contributed by atoms with Crippen LogP contribution in [0, 0.1) is 0 Å². The minimum absolute atomic E-state index is 0.0487. The van der Waals surface area contributed by atoms with Gasteiger partial charge in [0.15, 0.2) is 0 Å². The van der Waals surface area contributed by atoms with Gasteiger partial charge in [0.2, 0.25) is 0 Å².